The van der Waals surface area contributed by atoms with Gasteiger partial charge in [0, 0.05) is 9.26 Å². The van der Waals surface area contributed by atoms with Gasteiger partial charge in [-0.2, -0.15) is 0 Å². The molecule has 0 heterocycles. The van der Waals surface area contributed by atoms with Crippen LogP contribution in [0.3, 0.4) is 0 Å². The van der Waals surface area contributed by atoms with Crippen LogP contribution < -0.4 is 5.32 Å². The third-order valence-corrected chi connectivity index (χ3v) is 4.12. The molecule has 0 aliphatic heterocycles. The maximum absolute atomic E-state index is 13.4. The molecule has 0 aliphatic carbocycles. The van der Waals surface area contributed by atoms with Crippen molar-refractivity contribution in [1.82, 2.24) is 0 Å². The minimum atomic E-state index is -0.452. The van der Waals surface area contributed by atoms with Crippen LogP contribution in [0.25, 0.3) is 0 Å². The average Bonchev–Trinajstić information content (AvgIpc) is 2.37. The van der Waals surface area contributed by atoms with Crippen molar-refractivity contribution in [3.63, 3.8) is 0 Å². The summed E-state index contributed by atoms with van der Waals surface area (Å²) in [5.74, 6) is -0.788. The van der Waals surface area contributed by atoms with Crippen molar-refractivity contribution in [1.29, 1.82) is 0 Å². The summed E-state index contributed by atoms with van der Waals surface area (Å²) in [5.41, 5.74) is 1.97. The van der Waals surface area contributed by atoms with Crippen LogP contribution in [0.2, 0.25) is 0 Å². The van der Waals surface area contributed by atoms with Crippen LogP contribution in [0.15, 0.2) is 40.9 Å². The summed E-state index contributed by atoms with van der Waals surface area (Å²) in [6.07, 6.45) is 0. The Balaban J connectivity index is 2.31. The molecule has 0 radical (unpaired) electrons. The van der Waals surface area contributed by atoms with Crippen LogP contribution >= 0.6 is 38.5 Å². The van der Waals surface area contributed by atoms with Gasteiger partial charge >= 0.3 is 0 Å². The Morgan fingerprint density at radius 3 is 2.79 bits per heavy atom. The molecule has 19 heavy (non-hydrogen) atoms. The molecule has 0 unspecified atom stereocenters. The van der Waals surface area contributed by atoms with E-state index in [1.165, 1.54) is 12.1 Å². The molecule has 0 saturated heterocycles. The first-order chi connectivity index (χ1) is 8.99. The lowest BCUT2D eigenvalue weighted by Gasteiger charge is -2.10. The molecule has 0 spiro atoms. The zero-order valence-electron chi connectivity index (χ0n) is 10.0. The molecule has 0 bridgehead atoms. The normalized spacial score (nSPS) is 10.3. The summed E-state index contributed by atoms with van der Waals surface area (Å²) < 4.78 is 14.6. The SMILES string of the molecule is Cc1ccc(I)cc1NC(=O)c1cccc(F)c1Br. The van der Waals surface area contributed by atoms with E-state index in [0.717, 1.165) is 14.8 Å². The molecule has 5 heteroatoms. The third-order valence-electron chi connectivity index (χ3n) is 2.64. The second kappa shape index (κ2) is 6.00. The standard InChI is InChI=1S/C14H10BrFINO/c1-8-5-6-9(17)7-12(8)18-14(19)10-3-2-4-11(16)13(10)15/h2-7H,1H3,(H,18,19). The van der Waals surface area contributed by atoms with Gasteiger partial charge in [-0.1, -0.05) is 12.1 Å². The zero-order chi connectivity index (χ0) is 14.0. The van der Waals surface area contributed by atoms with E-state index in [9.17, 15) is 9.18 Å². The maximum atomic E-state index is 13.4. The van der Waals surface area contributed by atoms with Crippen molar-refractivity contribution in [2.45, 2.75) is 6.92 Å². The van der Waals surface area contributed by atoms with E-state index in [0.29, 0.717) is 0 Å². The smallest absolute Gasteiger partial charge is 0.256 e. The Morgan fingerprint density at radius 1 is 1.32 bits per heavy atom. The minimum absolute atomic E-state index is 0.177. The summed E-state index contributed by atoms with van der Waals surface area (Å²) in [7, 11) is 0. The van der Waals surface area contributed by atoms with Crippen molar-refractivity contribution >= 4 is 50.1 Å². The monoisotopic (exact) mass is 433 g/mol. The fourth-order valence-corrected chi connectivity index (χ4v) is 2.53. The summed E-state index contributed by atoms with van der Waals surface area (Å²) >= 11 is 5.26. The number of carbonyl (C=O) groups excluding carboxylic acids is 1. The van der Waals surface area contributed by atoms with Gasteiger partial charge < -0.3 is 5.32 Å². The van der Waals surface area contributed by atoms with Gasteiger partial charge in [0.1, 0.15) is 5.82 Å². The summed E-state index contributed by atoms with van der Waals surface area (Å²) in [6, 6.07) is 10.2. The highest BCUT2D eigenvalue weighted by Gasteiger charge is 2.14. The molecule has 0 saturated carbocycles. The number of halogens is 3. The number of hydrogen-bond acceptors (Lipinski definition) is 1. The van der Waals surface area contributed by atoms with Crippen LogP contribution in [0.5, 0.6) is 0 Å². The number of nitrogens with one attached hydrogen (secondary N) is 1. The molecule has 98 valence electrons. The van der Waals surface area contributed by atoms with Crippen molar-refractivity contribution in [3.8, 4) is 0 Å². The highest BCUT2D eigenvalue weighted by Crippen LogP contribution is 2.23. The Labute approximate surface area is 132 Å². The van der Waals surface area contributed by atoms with E-state index in [4.69, 9.17) is 0 Å². The topological polar surface area (TPSA) is 29.1 Å². The quantitative estimate of drug-likeness (QED) is 0.680. The van der Waals surface area contributed by atoms with E-state index < -0.39 is 5.82 Å². The van der Waals surface area contributed by atoms with E-state index >= 15 is 0 Å². The Morgan fingerprint density at radius 2 is 2.05 bits per heavy atom. The molecule has 1 N–H and O–H groups in total. The van der Waals surface area contributed by atoms with Gasteiger partial charge in [-0.15, -0.1) is 0 Å². The molecular weight excluding hydrogens is 424 g/mol. The van der Waals surface area contributed by atoms with Gasteiger partial charge in [0.15, 0.2) is 0 Å². The first-order valence-corrected chi connectivity index (χ1v) is 7.37. The fourth-order valence-electron chi connectivity index (χ4n) is 1.60. The number of amides is 1. The Kier molecular flexibility index (Phi) is 4.57. The Bertz CT molecular complexity index is 645. The number of aryl methyl sites for hydroxylation is 1. The van der Waals surface area contributed by atoms with Gasteiger partial charge in [-0.3, -0.25) is 4.79 Å². The lowest BCUT2D eigenvalue weighted by molar-refractivity contribution is 0.102. The van der Waals surface area contributed by atoms with Gasteiger partial charge in [-0.25, -0.2) is 4.39 Å². The Hall–Kier alpha value is -0.950. The molecule has 0 aliphatic rings. The van der Waals surface area contributed by atoms with Crippen LogP contribution in [0.4, 0.5) is 10.1 Å². The van der Waals surface area contributed by atoms with Crippen molar-refractivity contribution < 1.29 is 9.18 Å². The molecular formula is C14H10BrFINO. The van der Waals surface area contributed by atoms with Crippen LogP contribution in [0.1, 0.15) is 15.9 Å². The van der Waals surface area contributed by atoms with Crippen molar-refractivity contribution in [2.24, 2.45) is 0 Å². The van der Waals surface area contributed by atoms with Gasteiger partial charge in [0.25, 0.3) is 5.91 Å². The molecule has 2 rings (SSSR count). The molecule has 0 aromatic heterocycles. The van der Waals surface area contributed by atoms with Gasteiger partial charge in [-0.05, 0) is 75.3 Å². The maximum Gasteiger partial charge on any atom is 0.256 e. The van der Waals surface area contributed by atoms with E-state index in [2.05, 4.69) is 43.8 Å². The predicted molar refractivity (Wildman–Crippen MR) is 85.9 cm³/mol. The lowest BCUT2D eigenvalue weighted by Crippen LogP contribution is -2.14. The predicted octanol–water partition coefficient (Wildman–Crippen LogP) is 4.75. The molecule has 0 atom stereocenters. The minimum Gasteiger partial charge on any atom is -0.322 e. The third kappa shape index (κ3) is 3.33. The van der Waals surface area contributed by atoms with Crippen molar-refractivity contribution in [3.05, 3.63) is 61.4 Å². The van der Waals surface area contributed by atoms with Crippen molar-refractivity contribution in [2.75, 3.05) is 5.32 Å². The molecule has 1 amide bonds. The van der Waals surface area contributed by atoms with Crippen LogP contribution in [-0.2, 0) is 0 Å². The van der Waals surface area contributed by atoms with E-state index in [1.807, 2.05) is 25.1 Å². The second-order valence-corrected chi connectivity index (χ2v) is 6.05. The van der Waals surface area contributed by atoms with Crippen LogP contribution in [0, 0.1) is 16.3 Å². The molecule has 2 nitrogen and oxygen atoms in total. The fraction of sp³-hybridized carbons (Fsp3) is 0.0714. The highest BCUT2D eigenvalue weighted by atomic mass is 127. The summed E-state index contributed by atoms with van der Waals surface area (Å²) in [4.78, 5) is 12.1. The summed E-state index contributed by atoms with van der Waals surface area (Å²) in [5, 5.41) is 2.79. The highest BCUT2D eigenvalue weighted by molar-refractivity contribution is 14.1. The second-order valence-electron chi connectivity index (χ2n) is 4.01. The zero-order valence-corrected chi connectivity index (χ0v) is 13.7. The molecule has 2 aromatic rings. The number of benzene rings is 2. The number of hydrogen-bond donors (Lipinski definition) is 1. The number of anilines is 1. The number of carbonyl (C=O) groups is 1. The first kappa shape index (κ1) is 14.5. The number of rotatable bonds is 2. The van der Waals surface area contributed by atoms with E-state index in [1.54, 1.807) is 6.07 Å². The first-order valence-electron chi connectivity index (χ1n) is 5.50. The molecule has 0 fully saturated rings. The average molecular weight is 434 g/mol. The van der Waals surface area contributed by atoms with Gasteiger partial charge in [0.05, 0.1) is 10.0 Å². The van der Waals surface area contributed by atoms with Gasteiger partial charge in [0.2, 0.25) is 0 Å². The lowest BCUT2D eigenvalue weighted by atomic mass is 10.1. The largest absolute Gasteiger partial charge is 0.322 e. The summed E-state index contributed by atoms with van der Waals surface area (Å²) in [6.45, 7) is 1.91. The van der Waals surface area contributed by atoms with Crippen LogP contribution in [-0.4, -0.2) is 5.91 Å². The van der Waals surface area contributed by atoms with E-state index in [-0.39, 0.29) is 15.9 Å². The molecule has 2 aromatic carbocycles.